The molecule has 94 valence electrons. The quantitative estimate of drug-likeness (QED) is 0.779. The second-order valence-electron chi connectivity index (χ2n) is 5.26. The number of likely N-dealkylation sites (N-methyl/N-ethyl adjacent to an activating group) is 1. The fraction of sp³-hybridized carbons (Fsp3) is 1.00. The summed E-state index contributed by atoms with van der Waals surface area (Å²) in [6.45, 7) is 1.89. The molecule has 0 aromatic heterocycles. The van der Waals surface area contributed by atoms with Crippen molar-refractivity contribution in [2.24, 2.45) is 5.92 Å². The lowest BCUT2D eigenvalue weighted by Gasteiger charge is -2.47. The average molecular weight is 227 g/mol. The van der Waals surface area contributed by atoms with Crippen molar-refractivity contribution in [2.75, 3.05) is 27.4 Å². The third-order valence-electron chi connectivity index (χ3n) is 4.50. The highest BCUT2D eigenvalue weighted by atomic mass is 16.5. The standard InChI is InChI=1S/C13H25NO2/c1-14-12(13(15-2)6-3-7-13)10-11-4-8-16-9-5-11/h11-12,14H,3-10H2,1-2H3. The Kier molecular flexibility index (Phi) is 4.22. The summed E-state index contributed by atoms with van der Waals surface area (Å²) in [5, 5.41) is 3.48. The zero-order valence-corrected chi connectivity index (χ0v) is 10.6. The van der Waals surface area contributed by atoms with Gasteiger partial charge in [-0.25, -0.2) is 0 Å². The molecule has 1 heterocycles. The average Bonchev–Trinajstić information content (AvgIpc) is 2.28. The monoisotopic (exact) mass is 227 g/mol. The van der Waals surface area contributed by atoms with Crippen LogP contribution in [0.15, 0.2) is 0 Å². The molecule has 0 amide bonds. The fourth-order valence-electron chi connectivity index (χ4n) is 3.13. The molecule has 1 N–H and O–H groups in total. The maximum Gasteiger partial charge on any atom is 0.0831 e. The molecule has 2 aliphatic rings. The molecule has 3 nitrogen and oxygen atoms in total. The smallest absolute Gasteiger partial charge is 0.0831 e. The highest BCUT2D eigenvalue weighted by molar-refractivity contribution is 4.99. The van der Waals surface area contributed by atoms with E-state index < -0.39 is 0 Å². The van der Waals surface area contributed by atoms with Crippen LogP contribution in [0.25, 0.3) is 0 Å². The van der Waals surface area contributed by atoms with Crippen molar-refractivity contribution in [3.63, 3.8) is 0 Å². The largest absolute Gasteiger partial charge is 0.381 e. The van der Waals surface area contributed by atoms with Crippen LogP contribution in [0.1, 0.15) is 38.5 Å². The van der Waals surface area contributed by atoms with E-state index in [9.17, 15) is 0 Å². The van der Waals surface area contributed by atoms with E-state index in [1.807, 2.05) is 7.11 Å². The van der Waals surface area contributed by atoms with Gasteiger partial charge in [0.25, 0.3) is 0 Å². The summed E-state index contributed by atoms with van der Waals surface area (Å²) < 4.78 is 11.2. The number of hydrogen-bond acceptors (Lipinski definition) is 3. The summed E-state index contributed by atoms with van der Waals surface area (Å²) in [6.07, 6.45) is 7.44. The van der Waals surface area contributed by atoms with Gasteiger partial charge in [0.15, 0.2) is 0 Å². The van der Waals surface area contributed by atoms with Crippen molar-refractivity contribution in [2.45, 2.75) is 50.2 Å². The Morgan fingerprint density at radius 3 is 2.50 bits per heavy atom. The molecule has 1 aliphatic carbocycles. The number of nitrogens with one attached hydrogen (secondary N) is 1. The van der Waals surface area contributed by atoms with Gasteiger partial charge in [0.05, 0.1) is 5.60 Å². The Hall–Kier alpha value is -0.120. The van der Waals surface area contributed by atoms with E-state index >= 15 is 0 Å². The van der Waals surface area contributed by atoms with Gasteiger partial charge in [-0.3, -0.25) is 0 Å². The number of methoxy groups -OCH3 is 1. The molecule has 2 rings (SSSR count). The predicted octanol–water partition coefficient (Wildman–Crippen LogP) is 1.96. The van der Waals surface area contributed by atoms with Gasteiger partial charge >= 0.3 is 0 Å². The normalized spacial score (nSPS) is 27.4. The molecular formula is C13H25NO2. The molecule has 2 fully saturated rings. The first-order chi connectivity index (χ1) is 7.80. The summed E-state index contributed by atoms with van der Waals surface area (Å²) in [5.74, 6) is 0.818. The van der Waals surface area contributed by atoms with Crippen LogP contribution in [-0.2, 0) is 9.47 Å². The molecule has 0 aromatic rings. The van der Waals surface area contributed by atoms with Gasteiger partial charge < -0.3 is 14.8 Å². The fourth-order valence-corrected chi connectivity index (χ4v) is 3.13. The number of ether oxygens (including phenoxy) is 2. The van der Waals surface area contributed by atoms with Crippen molar-refractivity contribution < 1.29 is 9.47 Å². The van der Waals surface area contributed by atoms with Crippen LogP contribution in [-0.4, -0.2) is 39.0 Å². The Morgan fingerprint density at radius 2 is 2.06 bits per heavy atom. The molecule has 0 radical (unpaired) electrons. The lowest BCUT2D eigenvalue weighted by molar-refractivity contribution is -0.104. The second kappa shape index (κ2) is 5.48. The molecule has 1 saturated carbocycles. The van der Waals surface area contributed by atoms with E-state index in [1.165, 1.54) is 38.5 Å². The second-order valence-corrected chi connectivity index (χ2v) is 5.26. The molecule has 0 spiro atoms. The minimum absolute atomic E-state index is 0.132. The number of hydrogen-bond donors (Lipinski definition) is 1. The Labute approximate surface area is 98.9 Å². The highest BCUT2D eigenvalue weighted by Gasteiger charge is 2.44. The Morgan fingerprint density at radius 1 is 1.38 bits per heavy atom. The first-order valence-corrected chi connectivity index (χ1v) is 6.61. The van der Waals surface area contributed by atoms with Crippen LogP contribution in [0.3, 0.4) is 0 Å². The van der Waals surface area contributed by atoms with E-state index in [1.54, 1.807) is 0 Å². The van der Waals surface area contributed by atoms with E-state index in [0.29, 0.717) is 6.04 Å². The first-order valence-electron chi connectivity index (χ1n) is 6.61. The first kappa shape index (κ1) is 12.3. The van der Waals surface area contributed by atoms with Gasteiger partial charge in [-0.05, 0) is 51.5 Å². The number of rotatable bonds is 5. The molecule has 3 heteroatoms. The zero-order chi connectivity index (χ0) is 11.4. The van der Waals surface area contributed by atoms with Crippen molar-refractivity contribution in [1.82, 2.24) is 5.32 Å². The van der Waals surface area contributed by atoms with Crippen molar-refractivity contribution >= 4 is 0 Å². The van der Waals surface area contributed by atoms with Crippen LogP contribution in [0.4, 0.5) is 0 Å². The van der Waals surface area contributed by atoms with Gasteiger partial charge in [-0.2, -0.15) is 0 Å². The minimum Gasteiger partial charge on any atom is -0.381 e. The maximum atomic E-state index is 5.77. The molecule has 1 atom stereocenters. The van der Waals surface area contributed by atoms with Gasteiger partial charge in [-0.1, -0.05) is 0 Å². The van der Waals surface area contributed by atoms with Crippen LogP contribution in [0.5, 0.6) is 0 Å². The SMILES string of the molecule is CNC(CC1CCOCC1)C1(OC)CCC1. The third-order valence-corrected chi connectivity index (χ3v) is 4.50. The molecule has 16 heavy (non-hydrogen) atoms. The maximum absolute atomic E-state index is 5.77. The molecular weight excluding hydrogens is 202 g/mol. The summed E-state index contributed by atoms with van der Waals surface area (Å²) in [4.78, 5) is 0. The Balaban J connectivity index is 1.88. The molecule has 0 bridgehead atoms. The van der Waals surface area contributed by atoms with Gasteiger partial charge in [0.2, 0.25) is 0 Å². The van der Waals surface area contributed by atoms with Crippen LogP contribution >= 0.6 is 0 Å². The van der Waals surface area contributed by atoms with Crippen molar-refractivity contribution in [3.8, 4) is 0 Å². The zero-order valence-electron chi connectivity index (χ0n) is 10.6. The summed E-state index contributed by atoms with van der Waals surface area (Å²) in [7, 11) is 3.94. The third kappa shape index (κ3) is 2.41. The lowest BCUT2D eigenvalue weighted by Crippen LogP contribution is -2.56. The van der Waals surface area contributed by atoms with Gasteiger partial charge in [0.1, 0.15) is 0 Å². The van der Waals surface area contributed by atoms with Gasteiger partial charge in [0, 0.05) is 26.4 Å². The highest BCUT2D eigenvalue weighted by Crippen LogP contribution is 2.40. The molecule has 1 saturated heterocycles. The minimum atomic E-state index is 0.132. The van der Waals surface area contributed by atoms with Crippen molar-refractivity contribution in [3.05, 3.63) is 0 Å². The molecule has 0 aromatic carbocycles. The topological polar surface area (TPSA) is 30.5 Å². The van der Waals surface area contributed by atoms with E-state index in [-0.39, 0.29) is 5.60 Å². The predicted molar refractivity (Wildman–Crippen MR) is 64.6 cm³/mol. The Bertz CT molecular complexity index is 204. The van der Waals surface area contributed by atoms with E-state index in [4.69, 9.17) is 9.47 Å². The molecule has 1 unspecified atom stereocenters. The van der Waals surface area contributed by atoms with Crippen LogP contribution < -0.4 is 5.32 Å². The van der Waals surface area contributed by atoms with E-state index in [0.717, 1.165) is 19.1 Å². The van der Waals surface area contributed by atoms with Crippen LogP contribution in [0, 0.1) is 5.92 Å². The summed E-state index contributed by atoms with van der Waals surface area (Å²) in [6, 6.07) is 0.523. The van der Waals surface area contributed by atoms with Gasteiger partial charge in [-0.15, -0.1) is 0 Å². The summed E-state index contributed by atoms with van der Waals surface area (Å²) >= 11 is 0. The molecule has 1 aliphatic heterocycles. The summed E-state index contributed by atoms with van der Waals surface area (Å²) in [5.41, 5.74) is 0.132. The van der Waals surface area contributed by atoms with Crippen LogP contribution in [0.2, 0.25) is 0 Å². The van der Waals surface area contributed by atoms with E-state index in [2.05, 4.69) is 12.4 Å². The lowest BCUT2D eigenvalue weighted by atomic mass is 9.71. The van der Waals surface area contributed by atoms with Crippen molar-refractivity contribution in [1.29, 1.82) is 0 Å².